The Morgan fingerprint density at radius 3 is 2.60 bits per heavy atom. The van der Waals surface area contributed by atoms with Crippen LogP contribution < -0.4 is 10.7 Å². The van der Waals surface area contributed by atoms with E-state index in [2.05, 4.69) is 29.3 Å². The van der Waals surface area contributed by atoms with Crippen LogP contribution in [0.25, 0.3) is 0 Å². The van der Waals surface area contributed by atoms with Crippen molar-refractivity contribution >= 4 is 5.91 Å². The summed E-state index contributed by atoms with van der Waals surface area (Å²) in [5.74, 6) is -0.292. The number of likely N-dealkylation sites (N-methyl/N-ethyl adjacent to an activating group) is 1. The number of carbonyl (C=O) groups excluding carboxylic acids is 1. The normalized spacial score (nSPS) is 17.4. The fraction of sp³-hybridized carbons (Fsp3) is 0.600. The second kappa shape index (κ2) is 5.79. The molecule has 2 rings (SSSR count). The molecule has 20 heavy (non-hydrogen) atoms. The number of nitrogens with one attached hydrogen (secondary N) is 2. The summed E-state index contributed by atoms with van der Waals surface area (Å²) in [6, 6.07) is 1.45. The maximum atomic E-state index is 12.1. The highest BCUT2D eigenvalue weighted by atomic mass is 16.2. The first-order valence-electron chi connectivity index (χ1n) is 7.10. The molecule has 5 heteroatoms. The van der Waals surface area contributed by atoms with Crippen molar-refractivity contribution in [2.24, 2.45) is 0 Å². The Balaban J connectivity index is 2.06. The van der Waals surface area contributed by atoms with Crippen molar-refractivity contribution < 1.29 is 4.79 Å². The van der Waals surface area contributed by atoms with Gasteiger partial charge in [-0.3, -0.25) is 9.59 Å². The third-order valence-corrected chi connectivity index (χ3v) is 4.36. The number of aromatic amines is 1. The second-order valence-electron chi connectivity index (χ2n) is 5.90. The van der Waals surface area contributed by atoms with Gasteiger partial charge < -0.3 is 15.2 Å². The van der Waals surface area contributed by atoms with E-state index in [9.17, 15) is 9.59 Å². The zero-order chi connectivity index (χ0) is 14.8. The summed E-state index contributed by atoms with van der Waals surface area (Å²) in [4.78, 5) is 29.1. The third kappa shape index (κ3) is 2.93. The lowest BCUT2D eigenvalue weighted by atomic mass is 9.96. The van der Waals surface area contributed by atoms with Gasteiger partial charge in [-0.1, -0.05) is 12.8 Å². The van der Waals surface area contributed by atoms with Crippen LogP contribution in [0.3, 0.4) is 0 Å². The quantitative estimate of drug-likeness (QED) is 0.871. The van der Waals surface area contributed by atoms with Gasteiger partial charge in [0, 0.05) is 30.0 Å². The van der Waals surface area contributed by atoms with Gasteiger partial charge >= 0.3 is 0 Å². The van der Waals surface area contributed by atoms with E-state index >= 15 is 0 Å². The number of rotatable bonds is 4. The lowest BCUT2D eigenvalue weighted by molar-refractivity contribution is 0.0898. The number of aromatic nitrogens is 1. The fourth-order valence-electron chi connectivity index (χ4n) is 2.91. The zero-order valence-corrected chi connectivity index (χ0v) is 12.5. The second-order valence-corrected chi connectivity index (χ2v) is 5.90. The highest BCUT2D eigenvalue weighted by Gasteiger charge is 2.36. The highest BCUT2D eigenvalue weighted by molar-refractivity contribution is 5.93. The predicted octanol–water partition coefficient (Wildman–Crippen LogP) is 1.29. The Hall–Kier alpha value is -1.62. The first kappa shape index (κ1) is 14.8. The summed E-state index contributed by atoms with van der Waals surface area (Å²) < 4.78 is 0. The molecule has 1 amide bonds. The van der Waals surface area contributed by atoms with Crippen LogP contribution in [0.5, 0.6) is 0 Å². The minimum absolute atomic E-state index is 0.0348. The number of amides is 1. The van der Waals surface area contributed by atoms with Crippen LogP contribution in [-0.2, 0) is 0 Å². The van der Waals surface area contributed by atoms with Crippen molar-refractivity contribution in [3.05, 3.63) is 33.7 Å². The van der Waals surface area contributed by atoms with E-state index in [1.165, 1.54) is 25.1 Å². The number of hydrogen-bond acceptors (Lipinski definition) is 3. The average Bonchev–Trinajstić information content (AvgIpc) is 2.86. The van der Waals surface area contributed by atoms with Gasteiger partial charge in [-0.15, -0.1) is 0 Å². The standard InChI is InChI=1S/C15H23N3O2/c1-11-8-13(19)12(9-16-11)14(20)17-10-15(18(2)3)6-4-5-7-15/h8-9H,4-7,10H2,1-3H3,(H,16,19)(H,17,20). The molecule has 1 aromatic rings. The van der Waals surface area contributed by atoms with Gasteiger partial charge in [-0.2, -0.15) is 0 Å². The molecule has 0 unspecified atom stereocenters. The molecule has 0 atom stereocenters. The largest absolute Gasteiger partial charge is 0.364 e. The number of aryl methyl sites for hydroxylation is 1. The molecule has 1 saturated carbocycles. The Morgan fingerprint density at radius 1 is 1.40 bits per heavy atom. The van der Waals surface area contributed by atoms with Crippen molar-refractivity contribution in [1.82, 2.24) is 15.2 Å². The SMILES string of the molecule is Cc1cc(=O)c(C(=O)NCC2(N(C)C)CCCC2)c[nH]1. The highest BCUT2D eigenvalue weighted by Crippen LogP contribution is 2.33. The Morgan fingerprint density at radius 2 is 2.05 bits per heavy atom. The third-order valence-electron chi connectivity index (χ3n) is 4.36. The maximum Gasteiger partial charge on any atom is 0.256 e. The Labute approximate surface area is 119 Å². The minimum atomic E-state index is -0.292. The van der Waals surface area contributed by atoms with Gasteiger partial charge in [0.05, 0.1) is 0 Å². The molecule has 1 aliphatic rings. The molecular formula is C15H23N3O2. The molecule has 1 aliphatic carbocycles. The first-order chi connectivity index (χ1) is 9.44. The zero-order valence-electron chi connectivity index (χ0n) is 12.5. The van der Waals surface area contributed by atoms with Gasteiger partial charge in [0.1, 0.15) is 5.56 Å². The summed E-state index contributed by atoms with van der Waals surface area (Å²) in [6.07, 6.45) is 6.05. The van der Waals surface area contributed by atoms with E-state index in [4.69, 9.17) is 0 Å². The van der Waals surface area contributed by atoms with Crippen LogP contribution in [-0.4, -0.2) is 42.0 Å². The summed E-state index contributed by atoms with van der Waals surface area (Å²) in [5.41, 5.74) is 0.742. The number of hydrogen-bond donors (Lipinski definition) is 2. The molecule has 2 N–H and O–H groups in total. The molecule has 1 aromatic heterocycles. The molecule has 110 valence electrons. The number of H-pyrrole nitrogens is 1. The summed E-state index contributed by atoms with van der Waals surface area (Å²) >= 11 is 0. The van der Waals surface area contributed by atoms with Crippen molar-refractivity contribution in [2.45, 2.75) is 38.1 Å². The monoisotopic (exact) mass is 277 g/mol. The van der Waals surface area contributed by atoms with Crippen molar-refractivity contribution in [2.75, 3.05) is 20.6 Å². The molecule has 0 aliphatic heterocycles. The van der Waals surface area contributed by atoms with Gasteiger partial charge in [0.2, 0.25) is 0 Å². The van der Waals surface area contributed by atoms with Gasteiger partial charge in [0.25, 0.3) is 5.91 Å². The molecule has 5 nitrogen and oxygen atoms in total. The van der Waals surface area contributed by atoms with Gasteiger partial charge in [0.15, 0.2) is 5.43 Å². The maximum absolute atomic E-state index is 12.1. The molecule has 0 saturated heterocycles. The lowest BCUT2D eigenvalue weighted by Crippen LogP contribution is -2.51. The smallest absolute Gasteiger partial charge is 0.256 e. The molecule has 0 spiro atoms. The number of pyridine rings is 1. The van der Waals surface area contributed by atoms with E-state index in [1.807, 2.05) is 0 Å². The van der Waals surface area contributed by atoms with Crippen molar-refractivity contribution in [3.63, 3.8) is 0 Å². The van der Waals surface area contributed by atoms with Crippen LogP contribution >= 0.6 is 0 Å². The van der Waals surface area contributed by atoms with E-state index in [0.717, 1.165) is 18.5 Å². The van der Waals surface area contributed by atoms with E-state index in [1.54, 1.807) is 6.92 Å². The Bertz CT molecular complexity index is 542. The number of carbonyl (C=O) groups is 1. The minimum Gasteiger partial charge on any atom is -0.364 e. The molecule has 1 heterocycles. The van der Waals surface area contributed by atoms with E-state index in [-0.39, 0.29) is 22.4 Å². The topological polar surface area (TPSA) is 65.2 Å². The average molecular weight is 277 g/mol. The molecule has 0 aromatic carbocycles. The first-order valence-corrected chi connectivity index (χ1v) is 7.10. The summed E-state index contributed by atoms with van der Waals surface area (Å²) in [5, 5.41) is 2.92. The van der Waals surface area contributed by atoms with Gasteiger partial charge in [-0.25, -0.2) is 0 Å². The predicted molar refractivity (Wildman–Crippen MR) is 79.0 cm³/mol. The molecular weight excluding hydrogens is 254 g/mol. The summed E-state index contributed by atoms with van der Waals surface area (Å²) in [6.45, 7) is 2.38. The number of nitrogens with zero attached hydrogens (tertiary/aromatic N) is 1. The van der Waals surface area contributed by atoms with Crippen molar-refractivity contribution in [3.8, 4) is 0 Å². The van der Waals surface area contributed by atoms with Crippen LogP contribution in [0.4, 0.5) is 0 Å². The van der Waals surface area contributed by atoms with E-state index in [0.29, 0.717) is 6.54 Å². The van der Waals surface area contributed by atoms with Crippen LogP contribution in [0.15, 0.2) is 17.1 Å². The van der Waals surface area contributed by atoms with Gasteiger partial charge in [-0.05, 0) is 33.9 Å². The molecule has 0 bridgehead atoms. The molecule has 1 fully saturated rings. The van der Waals surface area contributed by atoms with Crippen LogP contribution in [0.2, 0.25) is 0 Å². The summed E-state index contributed by atoms with van der Waals surface area (Å²) in [7, 11) is 4.10. The molecule has 0 radical (unpaired) electrons. The van der Waals surface area contributed by atoms with Crippen LogP contribution in [0, 0.1) is 6.92 Å². The fourth-order valence-corrected chi connectivity index (χ4v) is 2.91. The Kier molecular flexibility index (Phi) is 4.28. The van der Waals surface area contributed by atoms with Crippen LogP contribution in [0.1, 0.15) is 41.7 Å². The lowest BCUT2D eigenvalue weighted by Gasteiger charge is -2.36. The van der Waals surface area contributed by atoms with E-state index < -0.39 is 0 Å². The van der Waals surface area contributed by atoms with Crippen molar-refractivity contribution in [1.29, 1.82) is 0 Å².